The summed E-state index contributed by atoms with van der Waals surface area (Å²) in [6, 6.07) is 9.28. The molecule has 10 heteroatoms. The number of nitrogens with one attached hydrogen (secondary N) is 3. The van der Waals surface area contributed by atoms with Crippen molar-refractivity contribution in [1.82, 2.24) is 19.6 Å². The van der Waals surface area contributed by atoms with E-state index in [0.29, 0.717) is 11.8 Å². The smallest absolute Gasteiger partial charge is 0.253 e. The normalized spacial score (nSPS) is 12.5. The lowest BCUT2D eigenvalue weighted by Gasteiger charge is -2.30. The lowest BCUT2D eigenvalue weighted by molar-refractivity contribution is 0.359. The molecule has 1 atom stereocenters. The first kappa shape index (κ1) is 21.6. The Labute approximate surface area is 188 Å². The van der Waals surface area contributed by atoms with E-state index in [1.165, 1.54) is 11.5 Å². The molecular formula is C22H23N7O2S. The van der Waals surface area contributed by atoms with Gasteiger partial charge in [0, 0.05) is 28.9 Å². The predicted octanol–water partition coefficient (Wildman–Crippen LogP) is 3.92. The van der Waals surface area contributed by atoms with E-state index in [1.807, 2.05) is 36.6 Å². The molecule has 0 aliphatic heterocycles. The molecule has 2 aromatic heterocycles. The van der Waals surface area contributed by atoms with Crippen LogP contribution in [0.3, 0.4) is 0 Å². The van der Waals surface area contributed by atoms with Crippen molar-refractivity contribution in [2.45, 2.75) is 33.7 Å². The lowest BCUT2D eigenvalue weighted by atomic mass is 9.87. The van der Waals surface area contributed by atoms with Gasteiger partial charge in [-0.05, 0) is 42.1 Å². The molecule has 2 aromatic carbocycles. The molecular weight excluding hydrogens is 426 g/mol. The summed E-state index contributed by atoms with van der Waals surface area (Å²) >= 11 is 1.30. The van der Waals surface area contributed by atoms with Crippen LogP contribution in [0.1, 0.15) is 27.7 Å². The topological polar surface area (TPSA) is 122 Å². The first-order valence-electron chi connectivity index (χ1n) is 10.1. The van der Waals surface area contributed by atoms with Crippen molar-refractivity contribution in [1.29, 1.82) is 0 Å². The van der Waals surface area contributed by atoms with Crippen LogP contribution in [0.25, 0.3) is 11.3 Å². The van der Waals surface area contributed by atoms with Crippen LogP contribution >= 0.6 is 11.5 Å². The Morgan fingerprint density at radius 2 is 1.69 bits per heavy atom. The van der Waals surface area contributed by atoms with Gasteiger partial charge in [0.1, 0.15) is 22.9 Å². The quantitative estimate of drug-likeness (QED) is 0.360. The van der Waals surface area contributed by atoms with Crippen molar-refractivity contribution in [2.24, 2.45) is 5.41 Å². The minimum Gasteiger partial charge on any atom is -0.377 e. The highest BCUT2D eigenvalue weighted by molar-refractivity contribution is 7.03. The lowest BCUT2D eigenvalue weighted by Crippen LogP contribution is -2.41. The predicted molar refractivity (Wildman–Crippen MR) is 128 cm³/mol. The monoisotopic (exact) mass is 449 g/mol. The van der Waals surface area contributed by atoms with Gasteiger partial charge in [0.25, 0.3) is 10.9 Å². The third-order valence-corrected chi connectivity index (χ3v) is 5.78. The number of anilines is 5. The minimum atomic E-state index is -0.561. The van der Waals surface area contributed by atoms with E-state index < -0.39 is 10.9 Å². The first-order chi connectivity index (χ1) is 15.2. The molecule has 0 amide bonds. The maximum absolute atomic E-state index is 12.1. The molecule has 32 heavy (non-hydrogen) atoms. The van der Waals surface area contributed by atoms with E-state index >= 15 is 0 Å². The van der Waals surface area contributed by atoms with Crippen molar-refractivity contribution in [3.05, 3.63) is 62.4 Å². The molecule has 0 spiro atoms. The number of hydrogen-bond donors (Lipinski definition) is 3. The van der Waals surface area contributed by atoms with E-state index in [0.717, 1.165) is 16.9 Å². The van der Waals surface area contributed by atoms with Gasteiger partial charge in [-0.15, -0.1) is 5.10 Å². The number of benzene rings is 1. The van der Waals surface area contributed by atoms with Crippen molar-refractivity contribution >= 4 is 40.4 Å². The summed E-state index contributed by atoms with van der Waals surface area (Å²) in [5.74, 6) is 0.764. The van der Waals surface area contributed by atoms with Gasteiger partial charge in [-0.1, -0.05) is 37.4 Å². The first-order valence-corrected chi connectivity index (χ1v) is 10.9. The molecule has 9 nitrogen and oxygen atoms in total. The van der Waals surface area contributed by atoms with Crippen LogP contribution in [0, 0.1) is 5.41 Å². The Morgan fingerprint density at radius 1 is 0.969 bits per heavy atom. The molecule has 4 aromatic rings. The van der Waals surface area contributed by atoms with Crippen LogP contribution in [0.2, 0.25) is 0 Å². The fraction of sp³-hybridized carbons (Fsp3) is 0.273. The van der Waals surface area contributed by atoms with Gasteiger partial charge < -0.3 is 16.0 Å². The van der Waals surface area contributed by atoms with Crippen LogP contribution in [0.15, 0.2) is 51.5 Å². The zero-order valence-corrected chi connectivity index (χ0v) is 18.9. The maximum atomic E-state index is 12.1. The van der Waals surface area contributed by atoms with Gasteiger partial charge >= 0.3 is 0 Å². The molecule has 2 heterocycles. The van der Waals surface area contributed by atoms with Crippen LogP contribution in [0.4, 0.5) is 28.8 Å². The van der Waals surface area contributed by atoms with Gasteiger partial charge in [0.15, 0.2) is 0 Å². The van der Waals surface area contributed by atoms with Gasteiger partial charge in [-0.2, -0.15) is 4.98 Å². The molecule has 0 saturated carbocycles. The molecule has 0 saturated heterocycles. The van der Waals surface area contributed by atoms with Crippen LogP contribution in [-0.2, 0) is 0 Å². The number of hydrogen-bond acceptors (Lipinski definition) is 10. The largest absolute Gasteiger partial charge is 0.377 e. The Hall–Kier alpha value is -3.66. The molecule has 3 N–H and O–H groups in total. The van der Waals surface area contributed by atoms with Crippen LogP contribution in [-0.4, -0.2) is 25.6 Å². The van der Waals surface area contributed by atoms with E-state index in [4.69, 9.17) is 0 Å². The summed E-state index contributed by atoms with van der Waals surface area (Å²) in [6.07, 6.45) is 1.57. The SMILES string of the molecule is CC(Nc1c(Nc2ccnc(Nc3ccc(-c4csnn4)cc3)n2)c(=O)c1=O)C(C)(C)C. The fourth-order valence-electron chi connectivity index (χ4n) is 2.84. The third kappa shape index (κ3) is 4.50. The van der Waals surface area contributed by atoms with E-state index in [9.17, 15) is 9.59 Å². The summed E-state index contributed by atoms with van der Waals surface area (Å²) in [4.78, 5) is 32.8. The third-order valence-electron chi connectivity index (χ3n) is 5.28. The standard InChI is InChI=1S/C22H23N7O2S/c1-12(22(2,3)4)24-17-18(20(31)19(17)30)26-16-9-10-23-21(27-16)25-14-7-5-13(6-8-14)15-11-32-29-28-15/h5-12,24H,1-4H3,(H2,23,25,26,27). The molecule has 0 radical (unpaired) electrons. The summed E-state index contributed by atoms with van der Waals surface area (Å²) < 4.78 is 3.87. The second-order valence-electron chi connectivity index (χ2n) is 8.52. The van der Waals surface area contributed by atoms with Crippen molar-refractivity contribution in [2.75, 3.05) is 16.0 Å². The number of aromatic nitrogens is 4. The number of nitrogens with zero attached hydrogens (tertiary/aromatic N) is 4. The molecule has 0 bridgehead atoms. The highest BCUT2D eigenvalue weighted by Crippen LogP contribution is 2.27. The highest BCUT2D eigenvalue weighted by Gasteiger charge is 2.27. The average molecular weight is 450 g/mol. The van der Waals surface area contributed by atoms with Gasteiger partial charge in [0.2, 0.25) is 5.95 Å². The van der Waals surface area contributed by atoms with Crippen molar-refractivity contribution in [3.63, 3.8) is 0 Å². The van der Waals surface area contributed by atoms with E-state index in [-0.39, 0.29) is 22.8 Å². The van der Waals surface area contributed by atoms with Crippen molar-refractivity contribution < 1.29 is 0 Å². The molecule has 0 aliphatic rings. The zero-order chi connectivity index (χ0) is 22.9. The molecule has 4 rings (SSSR count). The molecule has 0 aliphatic carbocycles. The summed E-state index contributed by atoms with van der Waals surface area (Å²) in [6.45, 7) is 8.16. The maximum Gasteiger partial charge on any atom is 0.253 e. The second-order valence-corrected chi connectivity index (χ2v) is 9.13. The number of rotatable bonds is 7. The average Bonchev–Trinajstić information content (AvgIpc) is 3.31. The van der Waals surface area contributed by atoms with Crippen molar-refractivity contribution in [3.8, 4) is 11.3 Å². The van der Waals surface area contributed by atoms with Crippen LogP contribution in [0.5, 0.6) is 0 Å². The minimum absolute atomic E-state index is 0.00277. The zero-order valence-electron chi connectivity index (χ0n) is 18.1. The Balaban J connectivity index is 1.48. The van der Waals surface area contributed by atoms with Crippen LogP contribution < -0.4 is 26.8 Å². The molecule has 1 unspecified atom stereocenters. The summed E-state index contributed by atoms with van der Waals surface area (Å²) in [5.41, 5.74) is 1.93. The highest BCUT2D eigenvalue weighted by atomic mass is 32.1. The Morgan fingerprint density at radius 3 is 2.34 bits per heavy atom. The van der Waals surface area contributed by atoms with E-state index in [2.05, 4.69) is 56.3 Å². The summed E-state index contributed by atoms with van der Waals surface area (Å²) in [7, 11) is 0. The Bertz CT molecular complexity index is 1290. The van der Waals surface area contributed by atoms with E-state index in [1.54, 1.807) is 12.3 Å². The molecule has 164 valence electrons. The summed E-state index contributed by atoms with van der Waals surface area (Å²) in [5, 5.41) is 15.2. The fourth-order valence-corrected chi connectivity index (χ4v) is 3.31. The molecule has 0 fully saturated rings. The Kier molecular flexibility index (Phi) is 5.70. The van der Waals surface area contributed by atoms with Gasteiger partial charge in [-0.25, -0.2) is 4.98 Å². The van der Waals surface area contributed by atoms with Gasteiger partial charge in [0.05, 0.1) is 0 Å². The van der Waals surface area contributed by atoms with Gasteiger partial charge in [-0.3, -0.25) is 9.59 Å². The second kappa shape index (κ2) is 8.46.